The second kappa shape index (κ2) is 37.9. The van der Waals surface area contributed by atoms with Crippen molar-refractivity contribution in [1.82, 2.24) is 44.8 Å². The molecular weight excluding hydrogens is 1550 g/mol. The Bertz CT molecular complexity index is 4510. The van der Waals surface area contributed by atoms with Gasteiger partial charge in [0.1, 0.15) is 10.9 Å². The van der Waals surface area contributed by atoms with Crippen molar-refractivity contribution >= 4 is 95.1 Å². The van der Waals surface area contributed by atoms with Crippen LogP contribution in [0.4, 0.5) is 33.3 Å². The molecule has 614 valence electrons. The average molecular weight is 1660 g/mol. The Morgan fingerprint density at radius 2 is 1.46 bits per heavy atom. The molecule has 0 radical (unpaired) electrons. The monoisotopic (exact) mass is 1660 g/mol. The molecule has 0 bridgehead atoms. The third-order valence-electron chi connectivity index (χ3n) is 22.4. The van der Waals surface area contributed by atoms with Gasteiger partial charge in [0.15, 0.2) is 0 Å². The minimum atomic E-state index is -6.20. The number of unbranched alkanes of at least 4 members (excludes halogenated alkanes) is 4. The molecule has 4 saturated heterocycles. The fraction of sp³-hybridized carbons (Fsp3) is 0.530. The van der Waals surface area contributed by atoms with Gasteiger partial charge in [-0.3, -0.25) is 33.9 Å². The molecule has 4 fully saturated rings. The number of aryl methyl sites for hydroxylation is 1. The van der Waals surface area contributed by atoms with Crippen LogP contribution >= 0.6 is 34.7 Å². The number of amides is 4. The molecule has 5 aromatic carbocycles. The summed E-state index contributed by atoms with van der Waals surface area (Å²) in [5.74, 6) is -4.13. The zero-order valence-corrected chi connectivity index (χ0v) is 69.3. The van der Waals surface area contributed by atoms with E-state index >= 15 is 0 Å². The van der Waals surface area contributed by atoms with E-state index in [1.165, 1.54) is 35.0 Å². The lowest BCUT2D eigenvalue weighted by atomic mass is 9.71. The minimum Gasteiger partial charge on any atom is -0.391 e. The Labute approximate surface area is 675 Å². The van der Waals surface area contributed by atoms with Crippen LogP contribution in [0.2, 0.25) is 5.02 Å². The molecule has 6 aromatic rings. The van der Waals surface area contributed by atoms with Crippen molar-refractivity contribution in [1.29, 1.82) is 0 Å². The van der Waals surface area contributed by atoms with Crippen molar-refractivity contribution in [3.8, 4) is 10.4 Å². The van der Waals surface area contributed by atoms with Crippen LogP contribution in [0.25, 0.3) is 16.0 Å². The lowest BCUT2D eigenvalue weighted by Gasteiger charge is -2.44. The van der Waals surface area contributed by atoms with Gasteiger partial charge >= 0.3 is 5.51 Å². The number of carbonyl (C=O) groups excluding carboxylic acids is 4. The molecule has 5 N–H and O–H groups in total. The van der Waals surface area contributed by atoms with Gasteiger partial charge in [-0.1, -0.05) is 119 Å². The van der Waals surface area contributed by atoms with Crippen LogP contribution in [0.1, 0.15) is 151 Å². The van der Waals surface area contributed by atoms with Crippen LogP contribution in [0.5, 0.6) is 0 Å². The van der Waals surface area contributed by atoms with Crippen molar-refractivity contribution in [3.05, 3.63) is 160 Å². The number of likely N-dealkylation sites (tertiary alicyclic amines) is 2. The number of aromatic nitrogens is 1. The van der Waals surface area contributed by atoms with E-state index in [1.54, 1.807) is 51.5 Å². The van der Waals surface area contributed by atoms with Gasteiger partial charge in [-0.25, -0.2) is 35.3 Å². The molecule has 113 heavy (non-hydrogen) atoms. The Morgan fingerprint density at radius 3 is 2.12 bits per heavy atom. The number of thioether (sulfide) groups is 1. The zero-order chi connectivity index (χ0) is 81.0. The highest BCUT2D eigenvalue weighted by molar-refractivity contribution is 7.99. The first-order valence-corrected chi connectivity index (χ1v) is 44.5. The average Bonchev–Trinajstić information content (AvgIpc) is 1.22. The maximum atomic E-state index is 14.4. The maximum absolute atomic E-state index is 14.4. The maximum Gasteiger partial charge on any atom is 0.501 e. The van der Waals surface area contributed by atoms with Gasteiger partial charge in [-0.15, -0.1) is 23.1 Å². The highest BCUT2D eigenvalue weighted by atomic mass is 35.5. The predicted molar refractivity (Wildman–Crippen MR) is 437 cm³/mol. The molecule has 0 saturated carbocycles. The molecule has 0 spiro atoms. The predicted octanol–water partition coefficient (Wildman–Crippen LogP) is 14.0. The van der Waals surface area contributed by atoms with Crippen LogP contribution in [0.15, 0.2) is 147 Å². The van der Waals surface area contributed by atoms with E-state index in [-0.39, 0.29) is 79.3 Å². The summed E-state index contributed by atoms with van der Waals surface area (Å²) in [6.45, 7) is 20.3. The zero-order valence-electron chi connectivity index (χ0n) is 65.3. The number of piperazine rings is 2. The molecule has 11 rings (SSSR count). The molecule has 4 aliphatic heterocycles. The number of β-amino-alcohol motifs (C(OH)–C–C–N with tert-alkyl or cyclic N) is 1. The quantitative estimate of drug-likeness (QED) is 0.0150. The first kappa shape index (κ1) is 86.8. The summed E-state index contributed by atoms with van der Waals surface area (Å²) in [5.41, 5.74) is 2.47. The molecular formula is C83H107ClF5N11O9S4. The molecule has 0 unspecified atom stereocenters. The largest absolute Gasteiger partial charge is 0.501 e. The summed E-state index contributed by atoms with van der Waals surface area (Å²) < 4.78 is 128. The van der Waals surface area contributed by atoms with E-state index < -0.39 is 88.9 Å². The number of nitrogens with one attached hydrogen (secondary N) is 4. The molecule has 1 aromatic heterocycles. The van der Waals surface area contributed by atoms with Gasteiger partial charge in [0.2, 0.25) is 17.7 Å². The number of benzene rings is 5. The molecule has 6 atom stereocenters. The summed E-state index contributed by atoms with van der Waals surface area (Å²) in [6, 6.07) is 31.1. The summed E-state index contributed by atoms with van der Waals surface area (Å²) >= 11 is 9.30. The van der Waals surface area contributed by atoms with Crippen molar-refractivity contribution in [2.75, 3.05) is 114 Å². The number of hydrogen-bond donors (Lipinski definition) is 5. The fourth-order valence-electron chi connectivity index (χ4n) is 16.1. The van der Waals surface area contributed by atoms with Crippen LogP contribution < -0.4 is 25.6 Å². The van der Waals surface area contributed by atoms with Crippen LogP contribution in [0.3, 0.4) is 0 Å². The van der Waals surface area contributed by atoms with E-state index in [9.17, 15) is 63.1 Å². The SMILES string of the molecule is Cc1ncsc1-c1ccc([C@H](C)NC(=O)[C@@H]2C[C@@H](O)CN2C(=O)[C@@H](NCCCCCCCC(=O)N2CCN(C[C@]3(C)CCC(c4ccc(Cl)cc4)=C(CN4CCN(c5ccc(C(=O)NS(=O)(=O)c6ccc(N[C@H](CCN7CCCC(F)(F)C7)CSc7ccccc7)c(S(=O)(=O)C(F)(F)F)c6)cc5)CC4)C3)CC2)C(C)(C)C)cc1. The van der Waals surface area contributed by atoms with Crippen LogP contribution in [0, 0.1) is 17.8 Å². The van der Waals surface area contributed by atoms with Gasteiger partial charge in [0, 0.05) is 131 Å². The first-order chi connectivity index (χ1) is 53.6. The van der Waals surface area contributed by atoms with Crippen molar-refractivity contribution in [3.63, 3.8) is 0 Å². The van der Waals surface area contributed by atoms with Crippen LogP contribution in [-0.2, 0) is 34.2 Å². The highest BCUT2D eigenvalue weighted by Gasteiger charge is 2.49. The van der Waals surface area contributed by atoms with E-state index in [1.807, 2.05) is 98.3 Å². The molecule has 30 heteroatoms. The van der Waals surface area contributed by atoms with Crippen molar-refractivity contribution in [2.24, 2.45) is 10.8 Å². The van der Waals surface area contributed by atoms with Gasteiger partial charge in [0.25, 0.3) is 31.7 Å². The smallest absolute Gasteiger partial charge is 0.391 e. The van der Waals surface area contributed by atoms with E-state index in [0.717, 1.165) is 141 Å². The van der Waals surface area contributed by atoms with Gasteiger partial charge in [-0.2, -0.15) is 13.2 Å². The van der Waals surface area contributed by atoms with Gasteiger partial charge < -0.3 is 35.8 Å². The summed E-state index contributed by atoms with van der Waals surface area (Å²) in [7, 11) is -11.2. The highest BCUT2D eigenvalue weighted by Crippen LogP contribution is 2.45. The molecule has 5 aliphatic rings. The number of sulfone groups is 1. The number of allylic oxidation sites excluding steroid dienone is 1. The number of thiazole rings is 1. The van der Waals surface area contributed by atoms with E-state index in [0.29, 0.717) is 56.8 Å². The Hall–Kier alpha value is -7.06. The molecule has 4 amide bonds. The van der Waals surface area contributed by atoms with Crippen LogP contribution in [-0.4, -0.2) is 215 Å². The third kappa shape index (κ3) is 23.2. The number of aliphatic hydroxyl groups excluding tert-OH is 1. The topological polar surface area (TPSA) is 237 Å². The Kier molecular flexibility index (Phi) is 29.1. The fourth-order valence-corrected chi connectivity index (χ4v) is 20.1. The number of alkyl halides is 5. The number of sulfonamides is 1. The van der Waals surface area contributed by atoms with Gasteiger partial charge in [-0.05, 0) is 172 Å². The van der Waals surface area contributed by atoms with Crippen molar-refractivity contribution in [2.45, 2.75) is 181 Å². The number of nitrogens with zero attached hydrogens (tertiary/aromatic N) is 7. The first-order valence-electron chi connectivity index (χ1n) is 39.3. The normalized spacial score (nSPS) is 20.6. The second-order valence-corrected chi connectivity index (χ2v) is 38.3. The number of carbonyl (C=O) groups is 4. The summed E-state index contributed by atoms with van der Waals surface area (Å²) in [6.07, 6.45) is 7.21. The lowest BCUT2D eigenvalue weighted by Crippen LogP contribution is -2.56. The second-order valence-electron chi connectivity index (χ2n) is 32.4. The standard InChI is InChI=1S/C83H107ClF5N11O9S4/c1-57(59-19-21-61(22-20-59)75-58(2)91-56-111-75)92-78(104)72-48-67(101)52-100(72)79(105)76(80(3,4)5)90-37-14-9-7-8-13-18-74(102)99-46-42-97(43-47-99)54-81(6)36-33-70(60-23-27-64(84)28-24-60)63(50-81)51-95-40-44-98(45-41-95)66-29-25-62(26-30-66)77(103)94-113(108,109)69-31-32-71(73(49-69)112(106,107)83(87,88)89)93-65(53-110-68-16-11-10-12-17-68)34-39-96-38-15-35-82(85,86)55-96/h10-12,16-17,19-32,49,56-57,65,67,72,76,90,93,101H,7-9,13-15,18,33-48,50-55H2,1-6H3,(H,92,104)(H,94,103)/t57-,65+,67+,72-,76+,81+/m0/s1. The van der Waals surface area contributed by atoms with Gasteiger partial charge in [0.05, 0.1) is 51.4 Å². The van der Waals surface area contributed by atoms with Crippen molar-refractivity contribution < 1.29 is 63.1 Å². The number of hydrogen-bond acceptors (Lipinski definition) is 18. The Balaban J connectivity index is 0.618. The lowest BCUT2D eigenvalue weighted by molar-refractivity contribution is -0.142. The van der Waals surface area contributed by atoms with E-state index in [2.05, 4.69) is 54.7 Å². The summed E-state index contributed by atoms with van der Waals surface area (Å²) in [5, 5.41) is 20.9. The number of halogens is 6. The molecule has 5 heterocycles. The third-order valence-corrected chi connectivity index (χ3v) is 27.7. The Morgan fingerprint density at radius 1 is 0.788 bits per heavy atom. The molecule has 20 nitrogen and oxygen atoms in total. The summed E-state index contributed by atoms with van der Waals surface area (Å²) in [4.78, 5) is 71.6. The number of rotatable bonds is 32. The number of piperidine rings is 1. The number of anilines is 2. The van der Waals surface area contributed by atoms with E-state index in [4.69, 9.17) is 11.6 Å². The number of aliphatic hydroxyl groups is 1. The molecule has 1 aliphatic carbocycles. The minimum absolute atomic E-state index is 0.0206.